The summed E-state index contributed by atoms with van der Waals surface area (Å²) in [7, 11) is -3.60. The second-order valence-electron chi connectivity index (χ2n) is 10.6. The zero-order chi connectivity index (χ0) is 23.4. The molecule has 0 N–H and O–H groups in total. The van der Waals surface area contributed by atoms with Crippen molar-refractivity contribution >= 4 is 27.8 Å². The summed E-state index contributed by atoms with van der Waals surface area (Å²) in [6.45, 7) is 26.6. The van der Waals surface area contributed by atoms with E-state index in [4.69, 9.17) is 4.12 Å². The van der Waals surface area contributed by atoms with Gasteiger partial charge in [0.2, 0.25) is 0 Å². The largest absolute Gasteiger partial charge is 0.455 e. The van der Waals surface area contributed by atoms with Crippen molar-refractivity contribution in [1.29, 1.82) is 0 Å². The van der Waals surface area contributed by atoms with Crippen LogP contribution in [0.2, 0.25) is 38.3 Å². The Morgan fingerprint density at radius 2 is 1.10 bits per heavy atom. The van der Waals surface area contributed by atoms with Crippen molar-refractivity contribution < 1.29 is 4.12 Å². The number of benzene rings is 2. The first-order valence-electron chi connectivity index (χ1n) is 11.5. The number of rotatable bonds is 10. The van der Waals surface area contributed by atoms with Crippen LogP contribution in [0.4, 0.5) is 0 Å². The van der Waals surface area contributed by atoms with Crippen molar-refractivity contribution in [2.45, 2.75) is 77.8 Å². The first kappa shape index (κ1) is 25.6. The molecule has 0 bridgehead atoms. The summed E-state index contributed by atoms with van der Waals surface area (Å²) in [6.07, 6.45) is 0. The Hall–Kier alpha value is -1.69. The van der Waals surface area contributed by atoms with Crippen LogP contribution in [-0.2, 0) is 4.12 Å². The second-order valence-corrected chi connectivity index (χ2v) is 19.3. The van der Waals surface area contributed by atoms with Gasteiger partial charge in [-0.1, -0.05) is 86.7 Å². The molecule has 0 spiro atoms. The van der Waals surface area contributed by atoms with Crippen LogP contribution >= 0.6 is 0 Å². The van der Waals surface area contributed by atoms with E-state index in [-0.39, 0.29) is 0 Å². The van der Waals surface area contributed by atoms with Crippen molar-refractivity contribution in [3.05, 3.63) is 83.9 Å². The highest BCUT2D eigenvalue weighted by molar-refractivity contribution is 6.85. The van der Waals surface area contributed by atoms with E-state index in [2.05, 4.69) is 116 Å². The molecule has 2 aromatic carbocycles. The van der Waals surface area contributed by atoms with Crippen LogP contribution in [-0.4, -0.2) is 16.6 Å². The topological polar surface area (TPSA) is 9.23 Å². The monoisotopic (exact) mass is 450 g/mol. The molecule has 2 aromatic rings. The Balaban J connectivity index is 2.06. The normalized spacial score (nSPS) is 14.2. The quantitative estimate of drug-likeness (QED) is 0.328. The van der Waals surface area contributed by atoms with E-state index >= 15 is 0 Å². The van der Waals surface area contributed by atoms with Gasteiger partial charge in [0.25, 0.3) is 0 Å². The molecule has 2 unspecified atom stereocenters. The molecule has 0 aliphatic heterocycles. The van der Waals surface area contributed by atoms with E-state index in [0.29, 0.717) is 11.8 Å². The Bertz CT molecular complexity index is 851. The number of hydrogen-bond acceptors (Lipinski definition) is 1. The molecule has 2 atom stereocenters. The van der Waals surface area contributed by atoms with Crippen molar-refractivity contribution in [3.8, 4) is 0 Å². The molecule has 0 aliphatic rings. The minimum atomic E-state index is -1.80. The lowest BCUT2D eigenvalue weighted by Crippen LogP contribution is -2.45. The lowest BCUT2D eigenvalue weighted by atomic mass is 9.98. The molecule has 0 fully saturated rings. The van der Waals surface area contributed by atoms with Crippen LogP contribution in [0.3, 0.4) is 0 Å². The highest BCUT2D eigenvalue weighted by Crippen LogP contribution is 2.34. The molecule has 2 rings (SSSR count). The summed E-state index contributed by atoms with van der Waals surface area (Å²) in [5.74, 6) is 0.992. The van der Waals surface area contributed by atoms with E-state index in [1.165, 1.54) is 22.3 Å². The SMILES string of the molecule is C=C(C)c1cccc(C(C)C[Si](C)(C)O[Si](C)(C)CC(C)c2cccc(C(=C)C)c2)c1. The maximum Gasteiger partial charge on any atom is 0.174 e. The maximum absolute atomic E-state index is 7.01. The van der Waals surface area contributed by atoms with Gasteiger partial charge in [0.1, 0.15) is 0 Å². The first-order valence-corrected chi connectivity index (χ1v) is 17.7. The Kier molecular flexibility index (Phi) is 8.49. The summed E-state index contributed by atoms with van der Waals surface area (Å²) in [6, 6.07) is 20.0. The zero-order valence-electron chi connectivity index (χ0n) is 21.0. The molecule has 3 heteroatoms. The molecule has 0 aliphatic carbocycles. The van der Waals surface area contributed by atoms with Gasteiger partial charge in [0.15, 0.2) is 16.6 Å². The minimum Gasteiger partial charge on any atom is -0.455 e. The van der Waals surface area contributed by atoms with Crippen molar-refractivity contribution in [2.24, 2.45) is 0 Å². The molecule has 0 aromatic heterocycles. The van der Waals surface area contributed by atoms with Gasteiger partial charge in [-0.2, -0.15) is 0 Å². The molecule has 0 saturated carbocycles. The molecule has 0 amide bonds. The molecule has 0 saturated heterocycles. The Labute approximate surface area is 193 Å². The Morgan fingerprint density at radius 3 is 1.42 bits per heavy atom. The molecule has 31 heavy (non-hydrogen) atoms. The molecular formula is C28H42OSi2. The van der Waals surface area contributed by atoms with Gasteiger partial charge in [-0.05, 0) is 86.2 Å². The van der Waals surface area contributed by atoms with Gasteiger partial charge in [0, 0.05) is 0 Å². The van der Waals surface area contributed by atoms with Crippen molar-refractivity contribution in [2.75, 3.05) is 0 Å². The fourth-order valence-electron chi connectivity index (χ4n) is 4.76. The van der Waals surface area contributed by atoms with Gasteiger partial charge >= 0.3 is 0 Å². The van der Waals surface area contributed by atoms with E-state index in [9.17, 15) is 0 Å². The summed E-state index contributed by atoms with van der Waals surface area (Å²) >= 11 is 0. The predicted molar refractivity (Wildman–Crippen MR) is 145 cm³/mol. The molecule has 0 radical (unpaired) electrons. The molecule has 1 nitrogen and oxygen atoms in total. The van der Waals surface area contributed by atoms with Crippen LogP contribution in [0.15, 0.2) is 61.7 Å². The highest BCUT2D eigenvalue weighted by atomic mass is 28.4. The van der Waals surface area contributed by atoms with Crippen LogP contribution in [0.5, 0.6) is 0 Å². The first-order chi connectivity index (χ1) is 14.3. The lowest BCUT2D eigenvalue weighted by Gasteiger charge is -2.37. The van der Waals surface area contributed by atoms with Crippen LogP contribution in [0.1, 0.15) is 61.8 Å². The minimum absolute atomic E-state index is 0.496. The smallest absolute Gasteiger partial charge is 0.174 e. The predicted octanol–water partition coefficient (Wildman–Crippen LogP) is 9.09. The van der Waals surface area contributed by atoms with Gasteiger partial charge in [-0.25, -0.2) is 0 Å². The molecular weight excluding hydrogens is 408 g/mol. The highest BCUT2D eigenvalue weighted by Gasteiger charge is 2.35. The molecule has 0 heterocycles. The van der Waals surface area contributed by atoms with Crippen molar-refractivity contribution in [1.82, 2.24) is 0 Å². The maximum atomic E-state index is 7.01. The fourth-order valence-corrected chi connectivity index (χ4v) is 14.8. The van der Waals surface area contributed by atoms with E-state index in [1.807, 2.05) is 0 Å². The third-order valence-corrected chi connectivity index (χ3v) is 13.7. The third-order valence-electron chi connectivity index (χ3n) is 6.05. The van der Waals surface area contributed by atoms with Gasteiger partial charge in [-0.3, -0.25) is 0 Å². The van der Waals surface area contributed by atoms with Gasteiger partial charge in [0.05, 0.1) is 0 Å². The van der Waals surface area contributed by atoms with Crippen LogP contribution < -0.4 is 0 Å². The summed E-state index contributed by atoms with van der Waals surface area (Å²) in [5, 5.41) is 0. The average molecular weight is 451 g/mol. The zero-order valence-corrected chi connectivity index (χ0v) is 23.0. The van der Waals surface area contributed by atoms with Crippen molar-refractivity contribution in [3.63, 3.8) is 0 Å². The van der Waals surface area contributed by atoms with Gasteiger partial charge < -0.3 is 4.12 Å². The summed E-state index contributed by atoms with van der Waals surface area (Å²) in [4.78, 5) is 0. The number of hydrogen-bond donors (Lipinski definition) is 0. The standard InChI is InChI=1S/C28H42OSi2/c1-21(2)25-13-11-15-27(17-25)23(5)19-30(7,8)29-31(9,10)20-24(6)28-16-12-14-26(18-28)22(3)4/h11-18,23-24H,1,3,19-20H2,2,4-10H3. The third kappa shape index (κ3) is 7.74. The fraction of sp³-hybridized carbons (Fsp3) is 0.429. The molecule has 168 valence electrons. The van der Waals surface area contributed by atoms with E-state index < -0.39 is 16.6 Å². The van der Waals surface area contributed by atoms with Crippen LogP contribution in [0, 0.1) is 0 Å². The summed E-state index contributed by atoms with van der Waals surface area (Å²) < 4.78 is 7.01. The number of allylic oxidation sites excluding steroid dienone is 2. The van der Waals surface area contributed by atoms with Gasteiger partial charge in [-0.15, -0.1) is 0 Å². The van der Waals surface area contributed by atoms with Crippen LogP contribution in [0.25, 0.3) is 11.1 Å². The Morgan fingerprint density at radius 1 is 0.742 bits per heavy atom. The average Bonchev–Trinajstić information content (AvgIpc) is 2.66. The lowest BCUT2D eigenvalue weighted by molar-refractivity contribution is 0.522. The van der Waals surface area contributed by atoms with E-state index in [0.717, 1.165) is 23.2 Å². The second kappa shape index (κ2) is 10.3. The van der Waals surface area contributed by atoms with E-state index in [1.54, 1.807) is 0 Å². The summed E-state index contributed by atoms with van der Waals surface area (Å²) in [5.41, 5.74) is 7.53.